The Labute approximate surface area is 164 Å². The Kier molecular flexibility index (Phi) is 6.03. The maximum atomic E-state index is 12.7. The molecule has 1 fully saturated rings. The number of nitrogens with zero attached hydrogens (tertiary/aromatic N) is 1. The Morgan fingerprint density at radius 2 is 1.82 bits per heavy atom. The Morgan fingerprint density at radius 1 is 1.07 bits per heavy atom. The predicted molar refractivity (Wildman–Crippen MR) is 108 cm³/mol. The molecule has 3 rings (SSSR count). The van der Waals surface area contributed by atoms with Crippen molar-refractivity contribution in [1.29, 1.82) is 0 Å². The van der Waals surface area contributed by atoms with Crippen LogP contribution in [0.5, 0.6) is 11.5 Å². The number of carbonyl (C=O) groups is 2. The van der Waals surface area contributed by atoms with Crippen molar-refractivity contribution in [3.05, 3.63) is 47.5 Å². The van der Waals surface area contributed by atoms with Gasteiger partial charge in [0.25, 0.3) is 0 Å². The van der Waals surface area contributed by atoms with Crippen LogP contribution in [0.1, 0.15) is 28.8 Å². The first-order valence-corrected chi connectivity index (χ1v) is 9.21. The van der Waals surface area contributed by atoms with E-state index in [0.717, 1.165) is 37.2 Å². The summed E-state index contributed by atoms with van der Waals surface area (Å²) < 4.78 is 10.6. The lowest BCUT2D eigenvalue weighted by Gasteiger charge is -2.22. The summed E-state index contributed by atoms with van der Waals surface area (Å²) in [6.45, 7) is 1.84. The van der Waals surface area contributed by atoms with E-state index in [4.69, 9.17) is 15.2 Å². The lowest BCUT2D eigenvalue weighted by Crippen LogP contribution is -2.23. The molecule has 1 heterocycles. The topological polar surface area (TPSA) is 93.9 Å². The average Bonchev–Trinajstić information content (AvgIpc) is 3.22. The maximum absolute atomic E-state index is 12.7. The molecule has 2 aromatic rings. The number of hydrogen-bond donors (Lipinski definition) is 2. The summed E-state index contributed by atoms with van der Waals surface area (Å²) in [6, 6.07) is 10.5. The third-order valence-electron chi connectivity index (χ3n) is 4.85. The molecular formula is C21H25N3O4. The van der Waals surface area contributed by atoms with Gasteiger partial charge in [-0.05, 0) is 37.1 Å². The molecule has 2 amide bonds. The van der Waals surface area contributed by atoms with Crippen molar-refractivity contribution in [3.8, 4) is 11.5 Å². The first-order valence-electron chi connectivity index (χ1n) is 9.21. The number of hydrogen-bond acceptors (Lipinski definition) is 5. The highest BCUT2D eigenvalue weighted by Crippen LogP contribution is 2.31. The van der Waals surface area contributed by atoms with Crippen LogP contribution in [0, 0.1) is 0 Å². The minimum atomic E-state index is -0.528. The molecule has 2 aromatic carbocycles. The predicted octanol–water partition coefficient (Wildman–Crippen LogP) is 2.58. The Morgan fingerprint density at radius 3 is 2.46 bits per heavy atom. The van der Waals surface area contributed by atoms with Crippen LogP contribution in [0.15, 0.2) is 36.4 Å². The minimum absolute atomic E-state index is 0.132. The van der Waals surface area contributed by atoms with Crippen molar-refractivity contribution >= 4 is 23.2 Å². The molecule has 1 aliphatic heterocycles. The second kappa shape index (κ2) is 8.65. The molecule has 0 unspecified atom stereocenters. The van der Waals surface area contributed by atoms with E-state index in [1.165, 1.54) is 0 Å². The molecule has 148 valence electrons. The van der Waals surface area contributed by atoms with Crippen molar-refractivity contribution in [3.63, 3.8) is 0 Å². The number of methoxy groups -OCH3 is 2. The van der Waals surface area contributed by atoms with Crippen LogP contribution < -0.4 is 25.4 Å². The average molecular weight is 383 g/mol. The molecular weight excluding hydrogens is 358 g/mol. The van der Waals surface area contributed by atoms with Crippen LogP contribution in [0.25, 0.3) is 0 Å². The largest absolute Gasteiger partial charge is 0.497 e. The Hall–Kier alpha value is -3.22. The standard InChI is InChI=1S/C21H25N3O4/c1-27-16-7-5-14(19(13-16)28-2)12-20(25)23-17-11-15(21(22)26)6-8-18(17)24-9-3-4-10-24/h5-8,11,13H,3-4,9-10,12H2,1-2H3,(H2,22,26)(H,23,25). The van der Waals surface area contributed by atoms with Gasteiger partial charge in [-0.1, -0.05) is 6.07 Å². The third kappa shape index (κ3) is 4.36. The summed E-state index contributed by atoms with van der Waals surface area (Å²) in [7, 11) is 3.13. The fourth-order valence-electron chi connectivity index (χ4n) is 3.39. The van der Waals surface area contributed by atoms with E-state index in [0.29, 0.717) is 22.7 Å². The first kappa shape index (κ1) is 19.5. The van der Waals surface area contributed by atoms with E-state index in [1.807, 2.05) is 6.07 Å². The molecule has 0 radical (unpaired) electrons. The van der Waals surface area contributed by atoms with Crippen molar-refractivity contribution in [2.24, 2.45) is 5.73 Å². The molecule has 1 saturated heterocycles. The van der Waals surface area contributed by atoms with Crippen molar-refractivity contribution < 1.29 is 19.1 Å². The fraction of sp³-hybridized carbons (Fsp3) is 0.333. The number of ether oxygens (including phenoxy) is 2. The number of carbonyl (C=O) groups excluding carboxylic acids is 2. The van der Waals surface area contributed by atoms with Gasteiger partial charge < -0.3 is 25.4 Å². The molecule has 28 heavy (non-hydrogen) atoms. The van der Waals surface area contributed by atoms with E-state index in [1.54, 1.807) is 44.6 Å². The second-order valence-electron chi connectivity index (χ2n) is 6.69. The number of anilines is 2. The summed E-state index contributed by atoms with van der Waals surface area (Å²) in [4.78, 5) is 26.5. The Balaban J connectivity index is 1.83. The smallest absolute Gasteiger partial charge is 0.248 e. The normalized spacial score (nSPS) is 13.3. The lowest BCUT2D eigenvalue weighted by molar-refractivity contribution is -0.115. The zero-order valence-corrected chi connectivity index (χ0v) is 16.2. The summed E-state index contributed by atoms with van der Waals surface area (Å²) in [5, 5.41) is 2.94. The summed E-state index contributed by atoms with van der Waals surface area (Å²) in [6.07, 6.45) is 2.34. The van der Waals surface area contributed by atoms with Gasteiger partial charge >= 0.3 is 0 Å². The van der Waals surface area contributed by atoms with Gasteiger partial charge in [0.05, 0.1) is 32.0 Å². The van der Waals surface area contributed by atoms with Gasteiger partial charge in [-0.15, -0.1) is 0 Å². The number of primary amides is 1. The molecule has 0 atom stereocenters. The van der Waals surface area contributed by atoms with Crippen LogP contribution >= 0.6 is 0 Å². The highest BCUT2D eigenvalue weighted by atomic mass is 16.5. The Bertz CT molecular complexity index is 876. The summed E-state index contributed by atoms with van der Waals surface area (Å²) in [5.41, 5.74) is 8.01. The third-order valence-corrected chi connectivity index (χ3v) is 4.85. The van der Waals surface area contributed by atoms with Gasteiger partial charge in [-0.25, -0.2) is 0 Å². The summed E-state index contributed by atoms with van der Waals surface area (Å²) in [5.74, 6) is 0.512. The van der Waals surface area contributed by atoms with Gasteiger partial charge in [0.1, 0.15) is 11.5 Å². The fourth-order valence-corrected chi connectivity index (χ4v) is 3.39. The minimum Gasteiger partial charge on any atom is -0.497 e. The van der Waals surface area contributed by atoms with Gasteiger partial charge in [0.2, 0.25) is 11.8 Å². The zero-order chi connectivity index (χ0) is 20.1. The van der Waals surface area contributed by atoms with Crippen LogP contribution in [0.3, 0.4) is 0 Å². The van der Waals surface area contributed by atoms with Crippen molar-refractivity contribution in [2.75, 3.05) is 37.5 Å². The molecule has 7 nitrogen and oxygen atoms in total. The number of nitrogens with two attached hydrogens (primary N) is 1. The van der Waals surface area contributed by atoms with Crippen molar-refractivity contribution in [2.45, 2.75) is 19.3 Å². The number of benzene rings is 2. The quantitative estimate of drug-likeness (QED) is 0.766. The van der Waals surface area contributed by atoms with Crippen LogP contribution in [0.2, 0.25) is 0 Å². The molecule has 0 spiro atoms. The lowest BCUT2D eigenvalue weighted by atomic mass is 10.1. The molecule has 0 aliphatic carbocycles. The van der Waals surface area contributed by atoms with Crippen LogP contribution in [0.4, 0.5) is 11.4 Å². The van der Waals surface area contributed by atoms with Crippen LogP contribution in [-0.2, 0) is 11.2 Å². The van der Waals surface area contributed by atoms with Crippen molar-refractivity contribution in [1.82, 2.24) is 0 Å². The van der Waals surface area contributed by atoms with Gasteiger partial charge in [-0.2, -0.15) is 0 Å². The van der Waals surface area contributed by atoms with Crippen LogP contribution in [-0.4, -0.2) is 39.1 Å². The van der Waals surface area contributed by atoms with E-state index in [9.17, 15) is 9.59 Å². The van der Waals surface area contributed by atoms with Gasteiger partial charge in [-0.3, -0.25) is 9.59 Å². The van der Waals surface area contributed by atoms with E-state index in [-0.39, 0.29) is 12.3 Å². The van der Waals surface area contributed by atoms with Gasteiger partial charge in [0, 0.05) is 30.3 Å². The number of nitrogens with one attached hydrogen (secondary N) is 1. The molecule has 0 bridgehead atoms. The molecule has 0 saturated carbocycles. The van der Waals surface area contributed by atoms with E-state index < -0.39 is 5.91 Å². The monoisotopic (exact) mass is 383 g/mol. The first-order chi connectivity index (χ1) is 13.5. The second-order valence-corrected chi connectivity index (χ2v) is 6.69. The number of amides is 2. The maximum Gasteiger partial charge on any atom is 0.248 e. The molecule has 0 aromatic heterocycles. The SMILES string of the molecule is COc1ccc(CC(=O)Nc2cc(C(N)=O)ccc2N2CCCC2)c(OC)c1. The summed E-state index contributed by atoms with van der Waals surface area (Å²) >= 11 is 0. The number of rotatable bonds is 7. The molecule has 3 N–H and O–H groups in total. The zero-order valence-electron chi connectivity index (χ0n) is 16.2. The van der Waals surface area contributed by atoms with Gasteiger partial charge in [0.15, 0.2) is 0 Å². The van der Waals surface area contributed by atoms with E-state index >= 15 is 0 Å². The van der Waals surface area contributed by atoms with E-state index in [2.05, 4.69) is 10.2 Å². The highest BCUT2D eigenvalue weighted by molar-refractivity contribution is 6.00. The molecule has 7 heteroatoms. The molecule has 1 aliphatic rings. The highest BCUT2D eigenvalue weighted by Gasteiger charge is 2.19.